The first-order valence-electron chi connectivity index (χ1n) is 6.03. The van der Waals surface area contributed by atoms with Gasteiger partial charge in [0.05, 0.1) is 11.8 Å². The Labute approximate surface area is 106 Å². The molecular weight excluding hydrogens is 228 g/mol. The smallest absolute Gasteiger partial charge is 0.203 e. The summed E-state index contributed by atoms with van der Waals surface area (Å²) in [4.78, 5) is 11.9. The van der Waals surface area contributed by atoms with Crippen molar-refractivity contribution in [3.8, 4) is 5.75 Å². The molecule has 0 amide bonds. The minimum absolute atomic E-state index is 0.0435. The lowest BCUT2D eigenvalue weighted by Crippen LogP contribution is -2.10. The zero-order valence-electron chi connectivity index (χ0n) is 10.4. The number of hydrogen-bond acceptors (Lipinski definition) is 3. The van der Waals surface area contributed by atoms with Crippen LogP contribution in [0.15, 0.2) is 42.7 Å². The first-order valence-corrected chi connectivity index (χ1v) is 6.03. The van der Waals surface area contributed by atoms with Gasteiger partial charge in [-0.05, 0) is 18.6 Å². The number of benzene rings is 1. The normalized spacial score (nSPS) is 10.3. The van der Waals surface area contributed by atoms with E-state index >= 15 is 0 Å². The standard InChI is InChI=1S/C14H16N2O2/c1-2-8-16-10-12(9-15-16)14(17)11-18-13-6-4-3-5-7-13/h3-7,9-10H,2,8,11H2,1H3. The van der Waals surface area contributed by atoms with E-state index in [4.69, 9.17) is 4.74 Å². The van der Waals surface area contributed by atoms with Crippen LogP contribution in [0.2, 0.25) is 0 Å². The monoisotopic (exact) mass is 244 g/mol. The van der Waals surface area contributed by atoms with E-state index in [9.17, 15) is 4.79 Å². The molecule has 0 bridgehead atoms. The van der Waals surface area contributed by atoms with Crippen LogP contribution in [0, 0.1) is 0 Å². The number of Topliss-reactive ketones (excluding diaryl/α,β-unsaturated/α-hetero) is 1. The molecule has 0 spiro atoms. The number of aryl methyl sites for hydroxylation is 1. The molecule has 0 aliphatic rings. The van der Waals surface area contributed by atoms with Crippen molar-refractivity contribution < 1.29 is 9.53 Å². The third kappa shape index (κ3) is 3.20. The fourth-order valence-electron chi connectivity index (χ4n) is 1.61. The Hall–Kier alpha value is -2.10. The summed E-state index contributed by atoms with van der Waals surface area (Å²) in [5, 5.41) is 4.12. The molecule has 2 rings (SSSR count). The molecule has 0 N–H and O–H groups in total. The molecular formula is C14H16N2O2. The number of ketones is 1. The fraction of sp³-hybridized carbons (Fsp3) is 0.286. The number of rotatable bonds is 6. The van der Waals surface area contributed by atoms with Gasteiger partial charge in [0.25, 0.3) is 0 Å². The second kappa shape index (κ2) is 6.00. The molecule has 0 aliphatic heterocycles. The first-order chi connectivity index (χ1) is 8.79. The van der Waals surface area contributed by atoms with Crippen LogP contribution in [-0.2, 0) is 6.54 Å². The van der Waals surface area contributed by atoms with Crippen molar-refractivity contribution >= 4 is 5.78 Å². The predicted molar refractivity (Wildman–Crippen MR) is 68.8 cm³/mol. The molecule has 1 aromatic heterocycles. The molecule has 0 fully saturated rings. The van der Waals surface area contributed by atoms with Gasteiger partial charge < -0.3 is 4.74 Å². The summed E-state index contributed by atoms with van der Waals surface area (Å²) >= 11 is 0. The number of para-hydroxylation sites is 1. The summed E-state index contributed by atoms with van der Waals surface area (Å²) in [6.07, 6.45) is 4.35. The molecule has 1 heterocycles. The summed E-state index contributed by atoms with van der Waals surface area (Å²) in [7, 11) is 0. The van der Waals surface area contributed by atoms with Crippen LogP contribution in [0.5, 0.6) is 5.75 Å². The van der Waals surface area contributed by atoms with Gasteiger partial charge in [-0.1, -0.05) is 25.1 Å². The molecule has 2 aromatic rings. The Balaban J connectivity index is 1.91. The molecule has 0 atom stereocenters. The highest BCUT2D eigenvalue weighted by Gasteiger charge is 2.09. The highest BCUT2D eigenvalue weighted by molar-refractivity contribution is 5.96. The predicted octanol–water partition coefficient (Wildman–Crippen LogP) is 2.55. The average Bonchev–Trinajstić information content (AvgIpc) is 2.86. The Morgan fingerprint density at radius 1 is 1.33 bits per heavy atom. The number of carbonyl (C=O) groups excluding carboxylic acids is 1. The third-order valence-corrected chi connectivity index (χ3v) is 2.52. The van der Waals surface area contributed by atoms with Gasteiger partial charge in [-0.15, -0.1) is 0 Å². The molecule has 4 nitrogen and oxygen atoms in total. The summed E-state index contributed by atoms with van der Waals surface area (Å²) in [6, 6.07) is 9.31. The molecule has 1 aromatic carbocycles. The van der Waals surface area contributed by atoms with Gasteiger partial charge >= 0.3 is 0 Å². The van der Waals surface area contributed by atoms with E-state index in [1.54, 1.807) is 17.1 Å². The Morgan fingerprint density at radius 3 is 2.83 bits per heavy atom. The van der Waals surface area contributed by atoms with E-state index in [0.29, 0.717) is 11.3 Å². The van der Waals surface area contributed by atoms with E-state index < -0.39 is 0 Å². The van der Waals surface area contributed by atoms with Crippen molar-refractivity contribution in [2.45, 2.75) is 19.9 Å². The lowest BCUT2D eigenvalue weighted by Gasteiger charge is -2.03. The van der Waals surface area contributed by atoms with Crippen LogP contribution in [0.25, 0.3) is 0 Å². The highest BCUT2D eigenvalue weighted by atomic mass is 16.5. The van der Waals surface area contributed by atoms with E-state index in [1.807, 2.05) is 30.3 Å². The molecule has 0 aliphatic carbocycles. The average molecular weight is 244 g/mol. The van der Waals surface area contributed by atoms with Gasteiger partial charge in [-0.2, -0.15) is 5.10 Å². The SMILES string of the molecule is CCCn1cc(C(=O)COc2ccccc2)cn1. The fourth-order valence-corrected chi connectivity index (χ4v) is 1.61. The van der Waals surface area contributed by atoms with Crippen molar-refractivity contribution in [1.29, 1.82) is 0 Å². The minimum atomic E-state index is -0.0544. The number of carbonyl (C=O) groups is 1. The lowest BCUT2D eigenvalue weighted by molar-refractivity contribution is 0.0921. The van der Waals surface area contributed by atoms with E-state index in [2.05, 4.69) is 12.0 Å². The van der Waals surface area contributed by atoms with Crippen LogP contribution in [0.1, 0.15) is 23.7 Å². The van der Waals surface area contributed by atoms with Crippen LogP contribution in [-0.4, -0.2) is 22.2 Å². The zero-order valence-corrected chi connectivity index (χ0v) is 10.4. The summed E-state index contributed by atoms with van der Waals surface area (Å²) in [5.74, 6) is 0.646. The molecule has 0 saturated carbocycles. The highest BCUT2D eigenvalue weighted by Crippen LogP contribution is 2.09. The van der Waals surface area contributed by atoms with E-state index in [0.717, 1.165) is 13.0 Å². The Bertz CT molecular complexity index is 506. The van der Waals surface area contributed by atoms with Crippen LogP contribution >= 0.6 is 0 Å². The number of nitrogens with zero attached hydrogens (tertiary/aromatic N) is 2. The molecule has 0 saturated heterocycles. The Kier molecular flexibility index (Phi) is 4.12. The summed E-state index contributed by atoms with van der Waals surface area (Å²) in [6.45, 7) is 2.94. The van der Waals surface area contributed by atoms with Gasteiger partial charge in [0.1, 0.15) is 5.75 Å². The number of ether oxygens (including phenoxy) is 1. The van der Waals surface area contributed by atoms with Crippen molar-refractivity contribution in [2.24, 2.45) is 0 Å². The van der Waals surface area contributed by atoms with E-state index in [-0.39, 0.29) is 12.4 Å². The van der Waals surface area contributed by atoms with Crippen LogP contribution < -0.4 is 4.74 Å². The molecule has 4 heteroatoms. The van der Waals surface area contributed by atoms with Gasteiger partial charge in [-0.25, -0.2) is 0 Å². The minimum Gasteiger partial charge on any atom is -0.485 e. The molecule has 0 radical (unpaired) electrons. The third-order valence-electron chi connectivity index (χ3n) is 2.52. The van der Waals surface area contributed by atoms with Gasteiger partial charge in [0.2, 0.25) is 5.78 Å². The summed E-state index contributed by atoms with van der Waals surface area (Å²) < 4.78 is 7.18. The van der Waals surface area contributed by atoms with Crippen LogP contribution in [0.4, 0.5) is 0 Å². The summed E-state index contributed by atoms with van der Waals surface area (Å²) in [5.41, 5.74) is 0.597. The lowest BCUT2D eigenvalue weighted by atomic mass is 10.2. The number of aromatic nitrogens is 2. The van der Waals surface area contributed by atoms with Gasteiger partial charge in [0.15, 0.2) is 6.61 Å². The maximum Gasteiger partial charge on any atom is 0.203 e. The zero-order chi connectivity index (χ0) is 12.8. The van der Waals surface area contributed by atoms with Gasteiger partial charge in [-0.3, -0.25) is 9.48 Å². The first kappa shape index (κ1) is 12.4. The maximum absolute atomic E-state index is 11.9. The topological polar surface area (TPSA) is 44.1 Å². The van der Waals surface area contributed by atoms with Crippen molar-refractivity contribution in [3.63, 3.8) is 0 Å². The molecule has 0 unspecified atom stereocenters. The van der Waals surface area contributed by atoms with E-state index in [1.165, 1.54) is 0 Å². The largest absolute Gasteiger partial charge is 0.485 e. The maximum atomic E-state index is 11.9. The van der Waals surface area contributed by atoms with Crippen LogP contribution in [0.3, 0.4) is 0 Å². The number of hydrogen-bond donors (Lipinski definition) is 0. The Morgan fingerprint density at radius 2 is 2.11 bits per heavy atom. The molecule has 94 valence electrons. The quantitative estimate of drug-likeness (QED) is 0.733. The van der Waals surface area contributed by atoms with Crippen molar-refractivity contribution in [1.82, 2.24) is 9.78 Å². The second-order valence-electron chi connectivity index (χ2n) is 4.02. The van der Waals surface area contributed by atoms with Crippen molar-refractivity contribution in [3.05, 3.63) is 48.3 Å². The van der Waals surface area contributed by atoms with Gasteiger partial charge in [0, 0.05) is 12.7 Å². The molecule has 18 heavy (non-hydrogen) atoms. The second-order valence-corrected chi connectivity index (χ2v) is 4.02. The van der Waals surface area contributed by atoms with Crippen molar-refractivity contribution in [2.75, 3.05) is 6.61 Å².